The Bertz CT molecular complexity index is 693. The van der Waals surface area contributed by atoms with E-state index in [-0.39, 0.29) is 0 Å². The molecule has 0 bridgehead atoms. The van der Waals surface area contributed by atoms with Crippen molar-refractivity contribution in [3.63, 3.8) is 0 Å². The molecule has 2 aromatic heterocycles. The highest BCUT2D eigenvalue weighted by atomic mass is 15.4. The van der Waals surface area contributed by atoms with Gasteiger partial charge in [0.25, 0.3) is 0 Å². The molecule has 0 amide bonds. The first-order valence-corrected chi connectivity index (χ1v) is 9.09. The second kappa shape index (κ2) is 6.11. The monoisotopic (exact) mass is 313 g/mol. The van der Waals surface area contributed by atoms with Gasteiger partial charge < -0.3 is 10.2 Å². The van der Waals surface area contributed by atoms with Gasteiger partial charge in [0.2, 0.25) is 0 Å². The molecule has 0 spiro atoms. The van der Waals surface area contributed by atoms with Gasteiger partial charge in [0.05, 0.1) is 11.7 Å². The summed E-state index contributed by atoms with van der Waals surface area (Å²) in [4.78, 5) is 7.30. The largest absolute Gasteiger partial charge is 0.356 e. The van der Waals surface area contributed by atoms with E-state index in [4.69, 9.17) is 10.1 Å². The van der Waals surface area contributed by atoms with E-state index in [1.807, 2.05) is 0 Å². The van der Waals surface area contributed by atoms with E-state index in [1.165, 1.54) is 49.9 Å². The van der Waals surface area contributed by atoms with Gasteiger partial charge in [-0.15, -0.1) is 0 Å². The van der Waals surface area contributed by atoms with Crippen molar-refractivity contribution in [2.75, 3.05) is 24.5 Å². The van der Waals surface area contributed by atoms with Crippen molar-refractivity contribution in [2.24, 2.45) is 0 Å². The lowest BCUT2D eigenvalue weighted by atomic mass is 10.0. The predicted octanol–water partition coefficient (Wildman–Crippen LogP) is 3.15. The van der Waals surface area contributed by atoms with Gasteiger partial charge >= 0.3 is 0 Å². The lowest BCUT2D eigenvalue weighted by Crippen LogP contribution is -2.32. The first-order chi connectivity index (χ1) is 11.2. The molecule has 1 N–H and O–H groups in total. The van der Waals surface area contributed by atoms with Crippen molar-refractivity contribution < 1.29 is 0 Å². The molecule has 0 aromatic carbocycles. The van der Waals surface area contributed by atoms with Crippen LogP contribution in [-0.4, -0.2) is 34.2 Å². The average molecular weight is 313 g/mol. The first kappa shape index (κ1) is 14.9. The van der Waals surface area contributed by atoms with Gasteiger partial charge in [0, 0.05) is 30.4 Å². The van der Waals surface area contributed by atoms with Crippen molar-refractivity contribution in [1.29, 1.82) is 0 Å². The van der Waals surface area contributed by atoms with Crippen LogP contribution in [0.2, 0.25) is 0 Å². The summed E-state index contributed by atoms with van der Waals surface area (Å²) < 4.78 is 2.10. The maximum atomic E-state index is 4.96. The Morgan fingerprint density at radius 3 is 2.65 bits per heavy atom. The molecule has 2 saturated heterocycles. The van der Waals surface area contributed by atoms with Crippen LogP contribution in [-0.2, 0) is 0 Å². The van der Waals surface area contributed by atoms with Crippen LogP contribution in [0.1, 0.15) is 61.5 Å². The van der Waals surface area contributed by atoms with Crippen LogP contribution in [0, 0.1) is 13.8 Å². The third-order valence-corrected chi connectivity index (χ3v) is 5.39. The fourth-order valence-corrected chi connectivity index (χ4v) is 3.95. The Morgan fingerprint density at radius 1 is 1.09 bits per heavy atom. The molecular formula is C18H27N5. The number of aryl methyl sites for hydroxylation is 1. The van der Waals surface area contributed by atoms with E-state index >= 15 is 0 Å². The van der Waals surface area contributed by atoms with Crippen molar-refractivity contribution in [3.8, 4) is 0 Å². The summed E-state index contributed by atoms with van der Waals surface area (Å²) in [5.74, 6) is 1.26. The van der Waals surface area contributed by atoms with E-state index in [9.17, 15) is 0 Å². The highest BCUT2D eigenvalue weighted by molar-refractivity contribution is 5.57. The summed E-state index contributed by atoms with van der Waals surface area (Å²) in [6, 6.07) is 2.57. The zero-order valence-electron chi connectivity index (χ0n) is 14.3. The third kappa shape index (κ3) is 2.71. The molecule has 2 aliphatic rings. The van der Waals surface area contributed by atoms with Gasteiger partial charge in [-0.1, -0.05) is 6.42 Å². The lowest BCUT2D eigenvalue weighted by molar-refractivity contribution is 0.404. The van der Waals surface area contributed by atoms with Gasteiger partial charge in [-0.3, -0.25) is 0 Å². The molecule has 124 valence electrons. The van der Waals surface area contributed by atoms with Crippen molar-refractivity contribution in [1.82, 2.24) is 19.9 Å². The van der Waals surface area contributed by atoms with Gasteiger partial charge in [-0.25, -0.2) is 4.98 Å². The number of piperidine rings is 2. The van der Waals surface area contributed by atoms with Crippen LogP contribution in [0.3, 0.4) is 0 Å². The number of nitrogens with zero attached hydrogens (tertiary/aromatic N) is 4. The lowest BCUT2D eigenvalue weighted by Gasteiger charge is -2.30. The Labute approximate surface area is 138 Å². The van der Waals surface area contributed by atoms with Crippen molar-refractivity contribution >= 4 is 11.5 Å². The predicted molar refractivity (Wildman–Crippen MR) is 93.1 cm³/mol. The summed E-state index contributed by atoms with van der Waals surface area (Å²) >= 11 is 0. The Kier molecular flexibility index (Phi) is 3.97. The molecule has 2 fully saturated rings. The van der Waals surface area contributed by atoms with Crippen LogP contribution in [0.25, 0.3) is 5.65 Å². The molecule has 1 atom stereocenters. The third-order valence-electron chi connectivity index (χ3n) is 5.39. The maximum Gasteiger partial charge on any atom is 0.157 e. The number of rotatable bonds is 2. The van der Waals surface area contributed by atoms with Crippen LogP contribution >= 0.6 is 0 Å². The first-order valence-electron chi connectivity index (χ1n) is 9.09. The van der Waals surface area contributed by atoms with Crippen LogP contribution in [0.4, 0.5) is 5.82 Å². The minimum absolute atomic E-state index is 0.389. The van der Waals surface area contributed by atoms with Gasteiger partial charge in [-0.05, 0) is 52.5 Å². The highest BCUT2D eigenvalue weighted by Gasteiger charge is 2.23. The Balaban J connectivity index is 1.79. The molecular weight excluding hydrogens is 286 g/mol. The van der Waals surface area contributed by atoms with E-state index in [0.29, 0.717) is 6.04 Å². The van der Waals surface area contributed by atoms with E-state index in [0.717, 1.165) is 36.7 Å². The molecule has 1 unspecified atom stereocenters. The minimum Gasteiger partial charge on any atom is -0.356 e. The summed E-state index contributed by atoms with van der Waals surface area (Å²) in [6.07, 6.45) is 7.65. The summed E-state index contributed by atoms with van der Waals surface area (Å²) in [5.41, 5.74) is 4.54. The number of aromatic nitrogens is 3. The number of nitrogens with one attached hydrogen (secondary N) is 1. The number of anilines is 1. The highest BCUT2D eigenvalue weighted by Crippen LogP contribution is 2.29. The summed E-state index contributed by atoms with van der Waals surface area (Å²) in [5, 5.41) is 8.57. The smallest absolute Gasteiger partial charge is 0.157 e. The second-order valence-corrected chi connectivity index (χ2v) is 7.04. The topological polar surface area (TPSA) is 45.5 Å². The SMILES string of the molecule is Cc1nc2cc(C3CCCCN3)nn2c(N2CCCCC2)c1C. The molecule has 0 saturated carbocycles. The standard InChI is InChI=1S/C18H27N5/c1-13-14(2)20-17-12-16(15-8-4-5-9-19-15)21-23(17)18(13)22-10-6-3-7-11-22/h12,15,19H,3-11H2,1-2H3. The van der Waals surface area contributed by atoms with E-state index in [2.05, 4.69) is 34.6 Å². The Morgan fingerprint density at radius 2 is 1.91 bits per heavy atom. The van der Waals surface area contributed by atoms with Crippen molar-refractivity contribution in [3.05, 3.63) is 23.0 Å². The van der Waals surface area contributed by atoms with E-state index in [1.54, 1.807) is 0 Å². The zero-order chi connectivity index (χ0) is 15.8. The molecule has 4 heterocycles. The van der Waals surface area contributed by atoms with Crippen LogP contribution in [0.15, 0.2) is 6.07 Å². The summed E-state index contributed by atoms with van der Waals surface area (Å²) in [6.45, 7) is 7.68. The molecule has 2 aliphatic heterocycles. The molecule has 0 radical (unpaired) electrons. The number of hydrogen-bond acceptors (Lipinski definition) is 4. The fraction of sp³-hybridized carbons (Fsp3) is 0.667. The molecule has 0 aliphatic carbocycles. The maximum absolute atomic E-state index is 4.96. The molecule has 2 aromatic rings. The normalized spacial score (nSPS) is 22.7. The van der Waals surface area contributed by atoms with E-state index < -0.39 is 0 Å². The molecule has 5 nitrogen and oxygen atoms in total. The summed E-state index contributed by atoms with van der Waals surface area (Å²) in [7, 11) is 0. The fourth-order valence-electron chi connectivity index (χ4n) is 3.95. The van der Waals surface area contributed by atoms with Crippen molar-refractivity contribution in [2.45, 2.75) is 58.4 Å². The van der Waals surface area contributed by atoms with Crippen LogP contribution < -0.4 is 10.2 Å². The molecule has 4 rings (SSSR count). The molecule has 5 heteroatoms. The number of fused-ring (bicyclic) bond motifs is 1. The average Bonchev–Trinajstić information content (AvgIpc) is 3.01. The second-order valence-electron chi connectivity index (χ2n) is 7.04. The molecule has 23 heavy (non-hydrogen) atoms. The zero-order valence-corrected chi connectivity index (χ0v) is 14.3. The van der Waals surface area contributed by atoms with Crippen LogP contribution in [0.5, 0.6) is 0 Å². The quantitative estimate of drug-likeness (QED) is 0.925. The minimum atomic E-state index is 0.389. The van der Waals surface area contributed by atoms with Gasteiger partial charge in [0.15, 0.2) is 5.65 Å². The van der Waals surface area contributed by atoms with Gasteiger partial charge in [0.1, 0.15) is 5.82 Å². The van der Waals surface area contributed by atoms with Gasteiger partial charge in [-0.2, -0.15) is 9.61 Å². The Hall–Kier alpha value is -1.62. The number of hydrogen-bond donors (Lipinski definition) is 1.